The fourth-order valence-corrected chi connectivity index (χ4v) is 3.36. The molecule has 0 unspecified atom stereocenters. The molecule has 2 saturated carbocycles. The van der Waals surface area contributed by atoms with Crippen molar-refractivity contribution in [1.29, 1.82) is 0 Å². The summed E-state index contributed by atoms with van der Waals surface area (Å²) < 4.78 is 12.8. The van der Waals surface area contributed by atoms with Gasteiger partial charge in [-0.15, -0.1) is 0 Å². The van der Waals surface area contributed by atoms with Gasteiger partial charge in [0.15, 0.2) is 0 Å². The van der Waals surface area contributed by atoms with Gasteiger partial charge in [0.05, 0.1) is 0 Å². The number of halogens is 1. The van der Waals surface area contributed by atoms with Gasteiger partial charge in [-0.2, -0.15) is 0 Å². The molecule has 14 heavy (non-hydrogen) atoms. The third-order valence-electron chi connectivity index (χ3n) is 4.04. The maximum atomic E-state index is 12.8. The second-order valence-corrected chi connectivity index (χ2v) is 4.83. The van der Waals surface area contributed by atoms with E-state index in [1.165, 1.54) is 31.2 Å². The maximum Gasteiger partial charge on any atom is 0.123 e. The zero-order valence-corrected chi connectivity index (χ0v) is 8.25. The molecule has 0 saturated heterocycles. The molecule has 2 aliphatic carbocycles. The lowest BCUT2D eigenvalue weighted by Crippen LogP contribution is -2.08. The largest absolute Gasteiger partial charge is 0.207 e. The predicted molar refractivity (Wildman–Crippen MR) is 54.6 cm³/mol. The molecule has 0 aromatic heterocycles. The van der Waals surface area contributed by atoms with E-state index in [4.69, 9.17) is 0 Å². The average Bonchev–Trinajstić information content (AvgIpc) is 2.80. The molecular weight excluding hydrogens is 175 g/mol. The summed E-state index contributed by atoms with van der Waals surface area (Å²) in [6.45, 7) is 0. The van der Waals surface area contributed by atoms with Crippen LogP contribution in [0.1, 0.15) is 37.2 Å². The molecule has 3 rings (SSSR count). The van der Waals surface area contributed by atoms with Crippen molar-refractivity contribution in [3.63, 3.8) is 0 Å². The molecule has 1 aromatic carbocycles. The molecule has 0 heterocycles. The smallest absolute Gasteiger partial charge is 0.123 e. The van der Waals surface area contributed by atoms with E-state index >= 15 is 0 Å². The van der Waals surface area contributed by atoms with Gasteiger partial charge in [-0.3, -0.25) is 0 Å². The van der Waals surface area contributed by atoms with Crippen LogP contribution in [-0.2, 0) is 0 Å². The molecule has 3 atom stereocenters. The first-order valence-corrected chi connectivity index (χ1v) is 5.58. The highest BCUT2D eigenvalue weighted by atomic mass is 19.1. The van der Waals surface area contributed by atoms with Gasteiger partial charge >= 0.3 is 0 Å². The lowest BCUT2D eigenvalue weighted by atomic mass is 9.83. The van der Waals surface area contributed by atoms with E-state index < -0.39 is 0 Å². The van der Waals surface area contributed by atoms with E-state index in [1.54, 1.807) is 12.1 Å². The third-order valence-corrected chi connectivity index (χ3v) is 4.04. The van der Waals surface area contributed by atoms with Crippen molar-refractivity contribution in [1.82, 2.24) is 0 Å². The van der Waals surface area contributed by atoms with Crippen LogP contribution in [0.25, 0.3) is 0 Å². The van der Waals surface area contributed by atoms with Crippen molar-refractivity contribution in [3.05, 3.63) is 35.6 Å². The molecule has 1 heteroatoms. The summed E-state index contributed by atoms with van der Waals surface area (Å²) >= 11 is 0. The maximum absolute atomic E-state index is 12.8. The van der Waals surface area contributed by atoms with Gasteiger partial charge < -0.3 is 0 Å². The van der Waals surface area contributed by atoms with Crippen molar-refractivity contribution in [2.24, 2.45) is 11.8 Å². The fraction of sp³-hybridized carbons (Fsp3) is 0.538. The van der Waals surface area contributed by atoms with E-state index in [0.29, 0.717) is 0 Å². The molecule has 0 aliphatic heterocycles. The van der Waals surface area contributed by atoms with Gasteiger partial charge in [-0.05, 0) is 54.7 Å². The Bertz CT molecular complexity index is 328. The van der Waals surface area contributed by atoms with Gasteiger partial charge in [0.2, 0.25) is 0 Å². The lowest BCUT2D eigenvalue weighted by molar-refractivity contribution is 0.419. The normalized spacial score (nSPS) is 35.1. The van der Waals surface area contributed by atoms with Crippen molar-refractivity contribution in [2.75, 3.05) is 0 Å². The van der Waals surface area contributed by atoms with Crippen LogP contribution in [0.4, 0.5) is 4.39 Å². The summed E-state index contributed by atoms with van der Waals surface area (Å²) in [5, 5.41) is 0. The Morgan fingerprint density at radius 3 is 2.36 bits per heavy atom. The second-order valence-electron chi connectivity index (χ2n) is 4.83. The van der Waals surface area contributed by atoms with E-state index in [0.717, 1.165) is 17.8 Å². The molecule has 0 nitrogen and oxygen atoms in total. The highest BCUT2D eigenvalue weighted by Crippen LogP contribution is 2.52. The summed E-state index contributed by atoms with van der Waals surface area (Å²) in [6.07, 6.45) is 5.59. The van der Waals surface area contributed by atoms with Crippen molar-refractivity contribution in [2.45, 2.75) is 31.6 Å². The minimum absolute atomic E-state index is 0.114. The Balaban J connectivity index is 1.86. The first-order chi connectivity index (χ1) is 6.83. The van der Waals surface area contributed by atoms with Crippen LogP contribution in [-0.4, -0.2) is 0 Å². The Morgan fingerprint density at radius 1 is 1.00 bits per heavy atom. The first-order valence-electron chi connectivity index (χ1n) is 5.58. The topological polar surface area (TPSA) is 0 Å². The van der Waals surface area contributed by atoms with Crippen LogP contribution in [0, 0.1) is 17.7 Å². The minimum Gasteiger partial charge on any atom is -0.207 e. The molecule has 74 valence electrons. The van der Waals surface area contributed by atoms with E-state index in [2.05, 4.69) is 0 Å². The molecule has 2 bridgehead atoms. The van der Waals surface area contributed by atoms with Crippen molar-refractivity contribution in [3.8, 4) is 0 Å². The standard InChI is InChI=1S/C13H15F/c14-12-5-3-10(4-6-12)13-8-9-1-2-11(13)7-9/h3-6,9,11,13H,1-2,7-8H2/t9-,11+,13-/m0/s1. The third kappa shape index (κ3) is 1.26. The highest BCUT2D eigenvalue weighted by Gasteiger charge is 2.39. The van der Waals surface area contributed by atoms with Gasteiger partial charge in [0, 0.05) is 0 Å². The molecule has 0 N–H and O–H groups in total. The number of benzene rings is 1. The Morgan fingerprint density at radius 2 is 1.79 bits per heavy atom. The number of hydrogen-bond acceptors (Lipinski definition) is 0. The van der Waals surface area contributed by atoms with Crippen LogP contribution in [0.2, 0.25) is 0 Å². The van der Waals surface area contributed by atoms with Gasteiger partial charge in [0.1, 0.15) is 5.82 Å². The Labute approximate surface area is 84.1 Å². The van der Waals surface area contributed by atoms with Crippen LogP contribution in [0.3, 0.4) is 0 Å². The molecule has 2 aliphatic rings. The summed E-state index contributed by atoms with van der Waals surface area (Å²) in [7, 11) is 0. The second kappa shape index (κ2) is 3.08. The number of rotatable bonds is 1. The van der Waals surface area contributed by atoms with Crippen molar-refractivity contribution < 1.29 is 4.39 Å². The van der Waals surface area contributed by atoms with Crippen LogP contribution in [0.5, 0.6) is 0 Å². The summed E-state index contributed by atoms with van der Waals surface area (Å²) in [4.78, 5) is 0. The highest BCUT2D eigenvalue weighted by molar-refractivity contribution is 5.23. The lowest BCUT2D eigenvalue weighted by Gasteiger charge is -2.21. The number of hydrogen-bond donors (Lipinski definition) is 0. The predicted octanol–water partition coefficient (Wildman–Crippen LogP) is 3.73. The average molecular weight is 190 g/mol. The van der Waals surface area contributed by atoms with Gasteiger partial charge in [-0.25, -0.2) is 4.39 Å². The zero-order valence-electron chi connectivity index (χ0n) is 8.25. The Hall–Kier alpha value is -0.850. The summed E-state index contributed by atoms with van der Waals surface area (Å²) in [5.41, 5.74) is 1.36. The van der Waals surface area contributed by atoms with Gasteiger partial charge in [0.25, 0.3) is 0 Å². The van der Waals surface area contributed by atoms with E-state index in [9.17, 15) is 4.39 Å². The Kier molecular flexibility index (Phi) is 1.86. The molecule has 0 amide bonds. The van der Waals surface area contributed by atoms with Gasteiger partial charge in [-0.1, -0.05) is 18.6 Å². The summed E-state index contributed by atoms with van der Waals surface area (Å²) in [6, 6.07) is 7.14. The van der Waals surface area contributed by atoms with Crippen LogP contribution >= 0.6 is 0 Å². The molecule has 0 radical (unpaired) electrons. The number of fused-ring (bicyclic) bond motifs is 2. The molecule has 1 aromatic rings. The summed E-state index contributed by atoms with van der Waals surface area (Å²) in [5.74, 6) is 2.48. The monoisotopic (exact) mass is 190 g/mol. The van der Waals surface area contributed by atoms with Crippen LogP contribution in [0.15, 0.2) is 24.3 Å². The quantitative estimate of drug-likeness (QED) is 0.633. The van der Waals surface area contributed by atoms with E-state index in [-0.39, 0.29) is 5.82 Å². The minimum atomic E-state index is -0.114. The van der Waals surface area contributed by atoms with Crippen LogP contribution < -0.4 is 0 Å². The molecular formula is C13H15F. The fourth-order valence-electron chi connectivity index (χ4n) is 3.36. The van der Waals surface area contributed by atoms with E-state index in [1.807, 2.05) is 12.1 Å². The first kappa shape index (κ1) is 8.46. The van der Waals surface area contributed by atoms with Crippen molar-refractivity contribution >= 4 is 0 Å². The SMILES string of the molecule is Fc1ccc([C@@H]2C[C@H]3CC[C@@H]2C3)cc1. The zero-order chi connectivity index (χ0) is 9.54. The molecule has 2 fully saturated rings. The molecule has 0 spiro atoms.